The van der Waals surface area contributed by atoms with E-state index in [1.54, 1.807) is 13.8 Å². The number of rotatable bonds is 4. The summed E-state index contributed by atoms with van der Waals surface area (Å²) in [4.78, 5) is 26.6. The van der Waals surface area contributed by atoms with Crippen LogP contribution < -0.4 is 5.32 Å². The maximum atomic E-state index is 11.8. The summed E-state index contributed by atoms with van der Waals surface area (Å²) < 4.78 is 10.5. The van der Waals surface area contributed by atoms with Gasteiger partial charge in [-0.25, -0.2) is 9.78 Å². The van der Waals surface area contributed by atoms with Crippen LogP contribution in [-0.2, 0) is 9.53 Å². The van der Waals surface area contributed by atoms with E-state index in [9.17, 15) is 9.59 Å². The van der Waals surface area contributed by atoms with Gasteiger partial charge in [-0.05, 0) is 19.8 Å². The van der Waals surface area contributed by atoms with Gasteiger partial charge in [0.05, 0.1) is 11.8 Å². The molecular weight excluding hydrogens is 252 g/mol. The Kier molecular flexibility index (Phi) is 3.84. The van der Waals surface area contributed by atoms with Crippen LogP contribution in [0.4, 0.5) is 0 Å². The maximum Gasteiger partial charge on any atom is 0.332 e. The summed E-state index contributed by atoms with van der Waals surface area (Å²) >= 11 is 0. The van der Waals surface area contributed by atoms with Gasteiger partial charge in [0.15, 0.2) is 12.0 Å². The zero-order chi connectivity index (χ0) is 14.0. The SMILES string of the molecule is Cc1nc(C)c(C(=O)NCC2CCC(C(=O)O)O2)o1. The third-order valence-electron chi connectivity index (χ3n) is 2.98. The van der Waals surface area contributed by atoms with Gasteiger partial charge in [0.2, 0.25) is 5.76 Å². The maximum absolute atomic E-state index is 11.8. The zero-order valence-corrected chi connectivity index (χ0v) is 10.8. The number of aryl methyl sites for hydroxylation is 2. The topological polar surface area (TPSA) is 102 Å². The molecule has 1 aliphatic rings. The first-order valence-corrected chi connectivity index (χ1v) is 6.08. The van der Waals surface area contributed by atoms with Gasteiger partial charge in [0, 0.05) is 13.5 Å². The summed E-state index contributed by atoms with van der Waals surface area (Å²) in [5, 5.41) is 11.5. The molecule has 7 nitrogen and oxygen atoms in total. The number of hydrogen-bond donors (Lipinski definition) is 2. The minimum absolute atomic E-state index is 0.185. The molecule has 1 aromatic heterocycles. The average molecular weight is 268 g/mol. The first kappa shape index (κ1) is 13.5. The van der Waals surface area contributed by atoms with E-state index in [2.05, 4.69) is 10.3 Å². The lowest BCUT2D eigenvalue weighted by Crippen LogP contribution is -2.33. The van der Waals surface area contributed by atoms with Crippen molar-refractivity contribution in [2.45, 2.75) is 38.9 Å². The van der Waals surface area contributed by atoms with Crippen molar-refractivity contribution < 1.29 is 23.8 Å². The quantitative estimate of drug-likeness (QED) is 0.831. The third-order valence-corrected chi connectivity index (χ3v) is 2.98. The summed E-state index contributed by atoms with van der Waals surface area (Å²) in [5.74, 6) is -0.702. The molecule has 0 saturated carbocycles. The second-order valence-corrected chi connectivity index (χ2v) is 4.52. The Balaban J connectivity index is 1.85. The highest BCUT2D eigenvalue weighted by Gasteiger charge is 2.30. The fraction of sp³-hybridized carbons (Fsp3) is 0.583. The molecule has 0 aromatic carbocycles. The van der Waals surface area contributed by atoms with Gasteiger partial charge < -0.3 is 19.6 Å². The van der Waals surface area contributed by atoms with Crippen molar-refractivity contribution in [1.82, 2.24) is 10.3 Å². The number of carbonyl (C=O) groups excluding carboxylic acids is 1. The molecule has 0 spiro atoms. The highest BCUT2D eigenvalue weighted by Crippen LogP contribution is 2.19. The molecule has 7 heteroatoms. The normalized spacial score (nSPS) is 22.4. The first-order chi connectivity index (χ1) is 8.97. The molecule has 19 heavy (non-hydrogen) atoms. The van der Waals surface area contributed by atoms with E-state index in [-0.39, 0.29) is 24.3 Å². The molecule has 1 amide bonds. The zero-order valence-electron chi connectivity index (χ0n) is 10.8. The number of carbonyl (C=O) groups is 2. The molecule has 0 aliphatic carbocycles. The Bertz CT molecular complexity index is 496. The lowest BCUT2D eigenvalue weighted by atomic mass is 10.2. The fourth-order valence-electron chi connectivity index (χ4n) is 2.07. The van der Waals surface area contributed by atoms with Crippen molar-refractivity contribution in [1.29, 1.82) is 0 Å². The van der Waals surface area contributed by atoms with Crippen molar-refractivity contribution in [2.75, 3.05) is 6.54 Å². The van der Waals surface area contributed by atoms with Crippen molar-refractivity contribution in [2.24, 2.45) is 0 Å². The van der Waals surface area contributed by atoms with Crippen LogP contribution in [0.3, 0.4) is 0 Å². The number of carboxylic acid groups (broad SMARTS) is 1. The number of carboxylic acids is 1. The van der Waals surface area contributed by atoms with Crippen LogP contribution in [0.15, 0.2) is 4.42 Å². The molecule has 2 unspecified atom stereocenters. The van der Waals surface area contributed by atoms with E-state index in [1.165, 1.54) is 0 Å². The van der Waals surface area contributed by atoms with E-state index in [0.29, 0.717) is 24.4 Å². The lowest BCUT2D eigenvalue weighted by Gasteiger charge is -2.11. The third kappa shape index (κ3) is 3.11. The van der Waals surface area contributed by atoms with Gasteiger partial charge in [-0.2, -0.15) is 0 Å². The Morgan fingerprint density at radius 2 is 2.16 bits per heavy atom. The molecule has 0 radical (unpaired) electrons. The number of oxazole rings is 1. The minimum Gasteiger partial charge on any atom is -0.479 e. The number of aromatic nitrogens is 1. The number of nitrogens with zero attached hydrogens (tertiary/aromatic N) is 1. The molecule has 1 aromatic rings. The number of ether oxygens (including phenoxy) is 1. The van der Waals surface area contributed by atoms with E-state index in [0.717, 1.165) is 0 Å². The Labute approximate surface area is 110 Å². The van der Waals surface area contributed by atoms with Gasteiger partial charge in [-0.1, -0.05) is 0 Å². The van der Waals surface area contributed by atoms with Gasteiger partial charge >= 0.3 is 5.97 Å². The van der Waals surface area contributed by atoms with E-state index in [1.807, 2.05) is 0 Å². The molecular formula is C12H16N2O5. The lowest BCUT2D eigenvalue weighted by molar-refractivity contribution is -0.149. The van der Waals surface area contributed by atoms with Crippen molar-refractivity contribution >= 4 is 11.9 Å². The van der Waals surface area contributed by atoms with Gasteiger partial charge in [-0.15, -0.1) is 0 Å². The number of amides is 1. The van der Waals surface area contributed by atoms with Crippen LogP contribution in [0.5, 0.6) is 0 Å². The molecule has 2 N–H and O–H groups in total. The second-order valence-electron chi connectivity index (χ2n) is 4.52. The van der Waals surface area contributed by atoms with E-state index in [4.69, 9.17) is 14.3 Å². The summed E-state index contributed by atoms with van der Waals surface area (Å²) in [7, 11) is 0. The van der Waals surface area contributed by atoms with Crippen LogP contribution in [0.25, 0.3) is 0 Å². The smallest absolute Gasteiger partial charge is 0.332 e. The van der Waals surface area contributed by atoms with Crippen LogP contribution in [0.1, 0.15) is 35.0 Å². The summed E-state index contributed by atoms with van der Waals surface area (Å²) in [5.41, 5.74) is 0.533. The molecule has 2 atom stereocenters. The molecule has 2 heterocycles. The van der Waals surface area contributed by atoms with Crippen molar-refractivity contribution in [3.05, 3.63) is 17.3 Å². The van der Waals surface area contributed by atoms with Crippen LogP contribution in [-0.4, -0.2) is 40.7 Å². The van der Waals surface area contributed by atoms with Gasteiger partial charge in [0.25, 0.3) is 5.91 Å². The predicted molar refractivity (Wildman–Crippen MR) is 63.8 cm³/mol. The molecule has 2 rings (SSSR count). The monoisotopic (exact) mass is 268 g/mol. The van der Waals surface area contributed by atoms with Crippen LogP contribution >= 0.6 is 0 Å². The summed E-state index contributed by atoms with van der Waals surface area (Å²) in [6.45, 7) is 3.63. The van der Waals surface area contributed by atoms with Gasteiger partial charge in [0.1, 0.15) is 0 Å². The van der Waals surface area contributed by atoms with Crippen molar-refractivity contribution in [3.63, 3.8) is 0 Å². The largest absolute Gasteiger partial charge is 0.479 e. The molecule has 104 valence electrons. The Morgan fingerprint density at radius 3 is 2.68 bits per heavy atom. The Hall–Kier alpha value is -1.89. The first-order valence-electron chi connectivity index (χ1n) is 6.08. The minimum atomic E-state index is -0.962. The standard InChI is InChI=1S/C12H16N2O5/c1-6-10(18-7(2)14-6)11(15)13-5-8-3-4-9(19-8)12(16)17/h8-9H,3-5H2,1-2H3,(H,13,15)(H,16,17). The Morgan fingerprint density at radius 1 is 1.42 bits per heavy atom. The summed E-state index contributed by atoms with van der Waals surface area (Å²) in [6.07, 6.45) is 0.0488. The van der Waals surface area contributed by atoms with E-state index < -0.39 is 12.1 Å². The second kappa shape index (κ2) is 5.40. The fourth-order valence-corrected chi connectivity index (χ4v) is 2.07. The number of aliphatic carboxylic acids is 1. The highest BCUT2D eigenvalue weighted by molar-refractivity contribution is 5.92. The average Bonchev–Trinajstić information content (AvgIpc) is 2.93. The molecule has 1 aliphatic heterocycles. The van der Waals surface area contributed by atoms with Crippen LogP contribution in [0.2, 0.25) is 0 Å². The molecule has 0 bridgehead atoms. The highest BCUT2D eigenvalue weighted by atomic mass is 16.5. The van der Waals surface area contributed by atoms with Crippen LogP contribution in [0, 0.1) is 13.8 Å². The van der Waals surface area contributed by atoms with Gasteiger partial charge in [-0.3, -0.25) is 4.79 Å². The predicted octanol–water partition coefficient (Wildman–Crippen LogP) is 0.653. The number of nitrogens with one attached hydrogen (secondary N) is 1. The molecule has 1 fully saturated rings. The molecule has 1 saturated heterocycles. The number of hydrogen-bond acceptors (Lipinski definition) is 5. The van der Waals surface area contributed by atoms with Crippen molar-refractivity contribution in [3.8, 4) is 0 Å². The van der Waals surface area contributed by atoms with E-state index >= 15 is 0 Å². The summed E-state index contributed by atoms with van der Waals surface area (Å²) in [6, 6.07) is 0.